The summed E-state index contributed by atoms with van der Waals surface area (Å²) >= 11 is 0. The van der Waals surface area contributed by atoms with Crippen LogP contribution < -0.4 is 5.32 Å². The van der Waals surface area contributed by atoms with Gasteiger partial charge in [0, 0.05) is 17.8 Å². The molecule has 0 aliphatic heterocycles. The third-order valence-electron chi connectivity index (χ3n) is 3.83. The van der Waals surface area contributed by atoms with Gasteiger partial charge in [-0.15, -0.1) is 0 Å². The molecular weight excluding hydrogens is 256 g/mol. The summed E-state index contributed by atoms with van der Waals surface area (Å²) < 4.78 is 0. The standard InChI is InChI=1S/C19H20N2/c1-3-21-19(15-10-8-14(2)9-11-15)18-13-20-12-16-6-4-5-7-17(16)18/h4-13,19,21H,3H2,1-2H3. The van der Waals surface area contributed by atoms with Crippen LogP contribution >= 0.6 is 0 Å². The summed E-state index contributed by atoms with van der Waals surface area (Å²) in [6, 6.07) is 17.3. The average molecular weight is 276 g/mol. The molecule has 0 bridgehead atoms. The molecule has 1 atom stereocenters. The van der Waals surface area contributed by atoms with Gasteiger partial charge in [-0.3, -0.25) is 4.98 Å². The molecule has 21 heavy (non-hydrogen) atoms. The fraction of sp³-hybridized carbons (Fsp3) is 0.211. The molecule has 3 aromatic rings. The molecule has 2 nitrogen and oxygen atoms in total. The Hall–Kier alpha value is -2.19. The molecule has 0 fully saturated rings. The van der Waals surface area contributed by atoms with Crippen LogP contribution in [-0.4, -0.2) is 11.5 Å². The van der Waals surface area contributed by atoms with Crippen LogP contribution in [0.1, 0.15) is 29.7 Å². The second-order valence-corrected chi connectivity index (χ2v) is 5.35. The first-order chi connectivity index (χ1) is 10.3. The van der Waals surface area contributed by atoms with Crippen LogP contribution in [0.2, 0.25) is 0 Å². The van der Waals surface area contributed by atoms with E-state index in [1.807, 2.05) is 12.4 Å². The molecular formula is C19H20N2. The Morgan fingerprint density at radius 2 is 1.76 bits per heavy atom. The van der Waals surface area contributed by atoms with Gasteiger partial charge in [0.25, 0.3) is 0 Å². The first-order valence-electron chi connectivity index (χ1n) is 7.42. The second kappa shape index (κ2) is 6.06. The third kappa shape index (κ3) is 2.81. The largest absolute Gasteiger partial charge is 0.306 e. The van der Waals surface area contributed by atoms with E-state index in [1.165, 1.54) is 27.5 Å². The number of nitrogens with one attached hydrogen (secondary N) is 1. The highest BCUT2D eigenvalue weighted by atomic mass is 14.9. The van der Waals surface area contributed by atoms with Crippen molar-refractivity contribution in [2.75, 3.05) is 6.54 Å². The topological polar surface area (TPSA) is 24.9 Å². The molecule has 1 heterocycles. The molecule has 0 radical (unpaired) electrons. The fourth-order valence-corrected chi connectivity index (χ4v) is 2.74. The summed E-state index contributed by atoms with van der Waals surface area (Å²) in [6.07, 6.45) is 3.91. The molecule has 2 aromatic carbocycles. The van der Waals surface area contributed by atoms with Crippen molar-refractivity contribution in [3.8, 4) is 0 Å². The van der Waals surface area contributed by atoms with Crippen molar-refractivity contribution in [1.82, 2.24) is 10.3 Å². The minimum absolute atomic E-state index is 0.175. The first kappa shape index (κ1) is 13.8. The normalized spacial score (nSPS) is 12.5. The number of hydrogen-bond donors (Lipinski definition) is 1. The van der Waals surface area contributed by atoms with Crippen molar-refractivity contribution >= 4 is 10.8 Å². The van der Waals surface area contributed by atoms with Gasteiger partial charge in [0.15, 0.2) is 0 Å². The van der Waals surface area contributed by atoms with Crippen LogP contribution in [-0.2, 0) is 0 Å². The van der Waals surface area contributed by atoms with Gasteiger partial charge in [0.05, 0.1) is 6.04 Å². The Morgan fingerprint density at radius 3 is 2.52 bits per heavy atom. The summed E-state index contributed by atoms with van der Waals surface area (Å²) in [5, 5.41) is 6.03. The van der Waals surface area contributed by atoms with Crippen LogP contribution in [0.5, 0.6) is 0 Å². The number of aromatic nitrogens is 1. The molecule has 2 heteroatoms. The van der Waals surface area contributed by atoms with E-state index in [1.54, 1.807) is 0 Å². The molecule has 0 saturated heterocycles. The number of pyridine rings is 1. The highest BCUT2D eigenvalue weighted by molar-refractivity contribution is 5.85. The van der Waals surface area contributed by atoms with Crippen LogP contribution in [0.3, 0.4) is 0 Å². The maximum Gasteiger partial charge on any atom is 0.0598 e. The zero-order valence-electron chi connectivity index (χ0n) is 12.5. The van der Waals surface area contributed by atoms with Crippen molar-refractivity contribution in [3.63, 3.8) is 0 Å². The van der Waals surface area contributed by atoms with Gasteiger partial charge >= 0.3 is 0 Å². The fourth-order valence-electron chi connectivity index (χ4n) is 2.74. The Labute approximate surface area is 125 Å². The van der Waals surface area contributed by atoms with Gasteiger partial charge in [-0.05, 0) is 30.0 Å². The van der Waals surface area contributed by atoms with E-state index in [0.29, 0.717) is 0 Å². The SMILES string of the molecule is CCNC(c1ccc(C)cc1)c1cncc2ccccc12. The van der Waals surface area contributed by atoms with Crippen molar-refractivity contribution in [1.29, 1.82) is 0 Å². The summed E-state index contributed by atoms with van der Waals surface area (Å²) in [5.74, 6) is 0. The number of hydrogen-bond acceptors (Lipinski definition) is 2. The van der Waals surface area contributed by atoms with Crippen LogP contribution in [0, 0.1) is 6.92 Å². The van der Waals surface area contributed by atoms with Gasteiger partial charge in [0.1, 0.15) is 0 Å². The molecule has 1 N–H and O–H groups in total. The Morgan fingerprint density at radius 1 is 1.00 bits per heavy atom. The lowest BCUT2D eigenvalue weighted by molar-refractivity contribution is 0.632. The van der Waals surface area contributed by atoms with E-state index in [2.05, 4.69) is 72.7 Å². The molecule has 0 saturated carbocycles. The lowest BCUT2D eigenvalue weighted by Crippen LogP contribution is -2.22. The maximum atomic E-state index is 4.42. The van der Waals surface area contributed by atoms with Gasteiger partial charge in [-0.25, -0.2) is 0 Å². The number of fused-ring (bicyclic) bond motifs is 1. The zero-order chi connectivity index (χ0) is 14.7. The number of aryl methyl sites for hydroxylation is 1. The average Bonchev–Trinajstić information content (AvgIpc) is 2.53. The summed E-state index contributed by atoms with van der Waals surface area (Å²) in [7, 11) is 0. The molecule has 1 aromatic heterocycles. The highest BCUT2D eigenvalue weighted by Gasteiger charge is 2.15. The lowest BCUT2D eigenvalue weighted by atomic mass is 9.95. The molecule has 0 spiro atoms. The smallest absolute Gasteiger partial charge is 0.0598 e. The Balaban J connectivity index is 2.13. The van der Waals surface area contributed by atoms with Gasteiger partial charge in [-0.2, -0.15) is 0 Å². The van der Waals surface area contributed by atoms with Gasteiger partial charge in [-0.1, -0.05) is 61.0 Å². The van der Waals surface area contributed by atoms with E-state index in [-0.39, 0.29) is 6.04 Å². The van der Waals surface area contributed by atoms with Crippen LogP contribution in [0.15, 0.2) is 60.9 Å². The summed E-state index contributed by atoms with van der Waals surface area (Å²) in [5.41, 5.74) is 3.80. The third-order valence-corrected chi connectivity index (χ3v) is 3.83. The Bertz CT molecular complexity index is 727. The second-order valence-electron chi connectivity index (χ2n) is 5.35. The van der Waals surface area contributed by atoms with Crippen LogP contribution in [0.25, 0.3) is 10.8 Å². The summed E-state index contributed by atoms with van der Waals surface area (Å²) in [6.45, 7) is 5.17. The molecule has 1 unspecified atom stereocenters. The van der Waals surface area contributed by atoms with Crippen molar-refractivity contribution < 1.29 is 0 Å². The molecule has 0 amide bonds. The van der Waals surface area contributed by atoms with Crippen molar-refractivity contribution in [3.05, 3.63) is 77.6 Å². The maximum absolute atomic E-state index is 4.42. The molecule has 0 aliphatic carbocycles. The van der Waals surface area contributed by atoms with Gasteiger partial charge in [0.2, 0.25) is 0 Å². The predicted octanol–water partition coefficient (Wildman–Crippen LogP) is 4.24. The summed E-state index contributed by atoms with van der Waals surface area (Å²) in [4.78, 5) is 4.42. The minimum atomic E-state index is 0.175. The molecule has 3 rings (SSSR count). The number of benzene rings is 2. The van der Waals surface area contributed by atoms with E-state index in [0.717, 1.165) is 6.54 Å². The first-order valence-corrected chi connectivity index (χ1v) is 7.42. The monoisotopic (exact) mass is 276 g/mol. The minimum Gasteiger partial charge on any atom is -0.306 e. The Kier molecular flexibility index (Phi) is 3.98. The lowest BCUT2D eigenvalue weighted by Gasteiger charge is -2.20. The highest BCUT2D eigenvalue weighted by Crippen LogP contribution is 2.28. The molecule has 0 aliphatic rings. The zero-order valence-corrected chi connectivity index (χ0v) is 12.5. The van der Waals surface area contributed by atoms with E-state index >= 15 is 0 Å². The quantitative estimate of drug-likeness (QED) is 0.771. The van der Waals surface area contributed by atoms with E-state index in [9.17, 15) is 0 Å². The number of nitrogens with zero attached hydrogens (tertiary/aromatic N) is 1. The van der Waals surface area contributed by atoms with E-state index < -0.39 is 0 Å². The van der Waals surface area contributed by atoms with E-state index in [4.69, 9.17) is 0 Å². The predicted molar refractivity (Wildman–Crippen MR) is 88.4 cm³/mol. The van der Waals surface area contributed by atoms with Crippen LogP contribution in [0.4, 0.5) is 0 Å². The number of rotatable bonds is 4. The van der Waals surface area contributed by atoms with Crippen molar-refractivity contribution in [2.45, 2.75) is 19.9 Å². The molecule has 106 valence electrons. The van der Waals surface area contributed by atoms with Crippen molar-refractivity contribution in [2.24, 2.45) is 0 Å². The van der Waals surface area contributed by atoms with Gasteiger partial charge < -0.3 is 5.32 Å².